The maximum absolute atomic E-state index is 13.4. The number of aliphatic hydroxyl groups is 1. The van der Waals surface area contributed by atoms with Crippen molar-refractivity contribution >= 4 is 32.8 Å². The van der Waals surface area contributed by atoms with Gasteiger partial charge in [-0.2, -0.15) is 0 Å². The molecule has 0 saturated carbocycles. The molecule has 1 unspecified atom stereocenters. The number of amides is 1. The number of aliphatic hydroxyl groups excluding tert-OH is 1. The van der Waals surface area contributed by atoms with Crippen molar-refractivity contribution in [3.8, 4) is 5.75 Å². The molecule has 0 fully saturated rings. The lowest BCUT2D eigenvalue weighted by atomic mass is 9.98. The standard InChI is InChI=1S/C22H20BrNO5/c1-2-10-28-15-5-3-4-13(11-15)19-18-20(26)16-12-14(23)6-7-17(16)29-21(18)22(27)24(19)8-9-25/h3-7,11-12,19,25H,2,8-10H2,1H3. The van der Waals surface area contributed by atoms with Gasteiger partial charge in [0.15, 0.2) is 5.43 Å². The second kappa shape index (κ2) is 8.00. The Morgan fingerprint density at radius 2 is 2.03 bits per heavy atom. The molecule has 7 heteroatoms. The van der Waals surface area contributed by atoms with Crippen LogP contribution in [0.5, 0.6) is 5.75 Å². The van der Waals surface area contributed by atoms with Crippen molar-refractivity contribution in [2.75, 3.05) is 19.8 Å². The number of β-amino-alcohol motifs (C(OH)–C–C–N with tert-alkyl or cyclic N) is 1. The summed E-state index contributed by atoms with van der Waals surface area (Å²) in [7, 11) is 0. The van der Waals surface area contributed by atoms with Crippen LogP contribution in [0.1, 0.15) is 41.1 Å². The van der Waals surface area contributed by atoms with E-state index in [0.717, 1.165) is 16.5 Å². The first-order chi connectivity index (χ1) is 14.0. The van der Waals surface area contributed by atoms with Crippen LogP contribution in [0, 0.1) is 0 Å². The lowest BCUT2D eigenvalue weighted by Crippen LogP contribution is -2.32. The molecule has 4 rings (SSSR count). The van der Waals surface area contributed by atoms with E-state index in [1.165, 1.54) is 4.90 Å². The lowest BCUT2D eigenvalue weighted by Gasteiger charge is -2.24. The molecule has 1 aliphatic heterocycles. The van der Waals surface area contributed by atoms with E-state index in [2.05, 4.69) is 15.9 Å². The first-order valence-corrected chi connectivity index (χ1v) is 10.2. The highest BCUT2D eigenvalue weighted by molar-refractivity contribution is 9.10. The van der Waals surface area contributed by atoms with Gasteiger partial charge in [0.05, 0.1) is 30.2 Å². The van der Waals surface area contributed by atoms with Crippen LogP contribution in [0.3, 0.4) is 0 Å². The van der Waals surface area contributed by atoms with E-state index in [9.17, 15) is 14.7 Å². The van der Waals surface area contributed by atoms with Gasteiger partial charge in [0.25, 0.3) is 5.91 Å². The monoisotopic (exact) mass is 457 g/mol. The number of nitrogens with zero attached hydrogens (tertiary/aromatic N) is 1. The van der Waals surface area contributed by atoms with Crippen LogP contribution in [0.2, 0.25) is 0 Å². The average molecular weight is 458 g/mol. The molecule has 0 spiro atoms. The topological polar surface area (TPSA) is 80.0 Å². The van der Waals surface area contributed by atoms with Crippen molar-refractivity contribution in [2.24, 2.45) is 0 Å². The number of halogens is 1. The Labute approximate surface area is 175 Å². The molecule has 0 saturated heterocycles. The molecule has 29 heavy (non-hydrogen) atoms. The van der Waals surface area contributed by atoms with Crippen LogP contribution in [0.15, 0.2) is 56.1 Å². The fourth-order valence-corrected chi connectivity index (χ4v) is 4.03. The van der Waals surface area contributed by atoms with Gasteiger partial charge in [0.1, 0.15) is 11.3 Å². The maximum atomic E-state index is 13.4. The van der Waals surface area contributed by atoms with E-state index in [-0.39, 0.29) is 24.3 Å². The van der Waals surface area contributed by atoms with Crippen molar-refractivity contribution in [1.29, 1.82) is 0 Å². The summed E-state index contributed by atoms with van der Waals surface area (Å²) in [5.41, 5.74) is 1.14. The summed E-state index contributed by atoms with van der Waals surface area (Å²) in [5.74, 6) is 0.297. The summed E-state index contributed by atoms with van der Waals surface area (Å²) in [6, 6.07) is 11.8. The largest absolute Gasteiger partial charge is 0.494 e. The number of ether oxygens (including phenoxy) is 1. The fourth-order valence-electron chi connectivity index (χ4n) is 3.67. The van der Waals surface area contributed by atoms with E-state index in [0.29, 0.717) is 28.9 Å². The first-order valence-electron chi connectivity index (χ1n) is 9.46. The Bertz CT molecular complexity index is 1140. The summed E-state index contributed by atoms with van der Waals surface area (Å²) in [4.78, 5) is 27.9. The van der Waals surface area contributed by atoms with Gasteiger partial charge < -0.3 is 19.2 Å². The minimum absolute atomic E-state index is 0.0307. The molecule has 1 atom stereocenters. The second-order valence-electron chi connectivity index (χ2n) is 6.86. The third-order valence-corrected chi connectivity index (χ3v) is 5.41. The summed E-state index contributed by atoms with van der Waals surface area (Å²) >= 11 is 3.38. The highest BCUT2D eigenvalue weighted by atomic mass is 79.9. The van der Waals surface area contributed by atoms with E-state index in [1.807, 2.05) is 31.2 Å². The van der Waals surface area contributed by atoms with Crippen molar-refractivity contribution in [1.82, 2.24) is 4.90 Å². The van der Waals surface area contributed by atoms with Crippen molar-refractivity contribution in [2.45, 2.75) is 19.4 Å². The lowest BCUT2D eigenvalue weighted by molar-refractivity contribution is 0.0691. The second-order valence-corrected chi connectivity index (χ2v) is 7.78. The van der Waals surface area contributed by atoms with Gasteiger partial charge in [0.2, 0.25) is 5.76 Å². The Hall–Kier alpha value is -2.64. The number of benzene rings is 2. The minimum atomic E-state index is -0.644. The maximum Gasteiger partial charge on any atom is 0.290 e. The quantitative estimate of drug-likeness (QED) is 0.607. The first kappa shape index (κ1) is 19.7. The Morgan fingerprint density at radius 3 is 2.79 bits per heavy atom. The Balaban J connectivity index is 1.92. The molecule has 1 amide bonds. The number of hydrogen-bond acceptors (Lipinski definition) is 5. The van der Waals surface area contributed by atoms with E-state index in [4.69, 9.17) is 9.15 Å². The molecular formula is C22H20BrNO5. The molecule has 150 valence electrons. The minimum Gasteiger partial charge on any atom is -0.494 e. The van der Waals surface area contributed by atoms with E-state index < -0.39 is 11.9 Å². The van der Waals surface area contributed by atoms with Crippen molar-refractivity contribution < 1.29 is 19.1 Å². The van der Waals surface area contributed by atoms with E-state index >= 15 is 0 Å². The summed E-state index contributed by atoms with van der Waals surface area (Å²) < 4.78 is 12.3. The molecule has 2 heterocycles. The zero-order chi connectivity index (χ0) is 20.5. The average Bonchev–Trinajstić information content (AvgIpc) is 3.00. The van der Waals surface area contributed by atoms with Gasteiger partial charge in [0, 0.05) is 11.0 Å². The zero-order valence-electron chi connectivity index (χ0n) is 15.9. The molecule has 1 N–H and O–H groups in total. The third kappa shape index (κ3) is 3.45. The molecule has 2 aromatic carbocycles. The summed E-state index contributed by atoms with van der Waals surface area (Å²) in [6.45, 7) is 2.46. The van der Waals surface area contributed by atoms with Gasteiger partial charge in [-0.1, -0.05) is 35.0 Å². The Kier molecular flexibility index (Phi) is 5.43. The predicted molar refractivity (Wildman–Crippen MR) is 112 cm³/mol. The zero-order valence-corrected chi connectivity index (χ0v) is 17.4. The van der Waals surface area contributed by atoms with Gasteiger partial charge in [-0.15, -0.1) is 0 Å². The van der Waals surface area contributed by atoms with Crippen LogP contribution >= 0.6 is 15.9 Å². The van der Waals surface area contributed by atoms with Gasteiger partial charge in [-0.3, -0.25) is 9.59 Å². The van der Waals surface area contributed by atoms with E-state index in [1.54, 1.807) is 18.2 Å². The van der Waals surface area contributed by atoms with Crippen LogP contribution in [0.25, 0.3) is 11.0 Å². The number of hydrogen-bond donors (Lipinski definition) is 1. The molecular weight excluding hydrogens is 438 g/mol. The third-order valence-electron chi connectivity index (χ3n) is 4.92. The summed E-state index contributed by atoms with van der Waals surface area (Å²) in [6.07, 6.45) is 0.871. The normalized spacial score (nSPS) is 15.8. The number of rotatable bonds is 6. The molecule has 1 aliphatic rings. The molecule has 0 bridgehead atoms. The summed E-state index contributed by atoms with van der Waals surface area (Å²) in [5, 5.41) is 9.92. The van der Waals surface area contributed by atoms with Crippen LogP contribution in [-0.4, -0.2) is 35.7 Å². The van der Waals surface area contributed by atoms with Gasteiger partial charge >= 0.3 is 0 Å². The highest BCUT2D eigenvalue weighted by Crippen LogP contribution is 2.39. The van der Waals surface area contributed by atoms with Gasteiger partial charge in [-0.25, -0.2) is 0 Å². The molecule has 0 aliphatic carbocycles. The van der Waals surface area contributed by atoms with Gasteiger partial charge in [-0.05, 0) is 42.3 Å². The molecule has 1 aromatic heterocycles. The smallest absolute Gasteiger partial charge is 0.290 e. The van der Waals surface area contributed by atoms with Crippen molar-refractivity contribution in [3.63, 3.8) is 0 Å². The highest BCUT2D eigenvalue weighted by Gasteiger charge is 2.42. The van der Waals surface area contributed by atoms with Crippen molar-refractivity contribution in [3.05, 3.63) is 74.0 Å². The van der Waals surface area contributed by atoms with Crippen LogP contribution in [0.4, 0.5) is 0 Å². The number of carbonyl (C=O) groups is 1. The predicted octanol–water partition coefficient (Wildman–Crippen LogP) is 3.88. The Morgan fingerprint density at radius 1 is 1.21 bits per heavy atom. The fraction of sp³-hybridized carbons (Fsp3) is 0.273. The number of carbonyl (C=O) groups excluding carboxylic acids is 1. The van der Waals surface area contributed by atoms with Crippen LogP contribution in [-0.2, 0) is 0 Å². The molecule has 3 aromatic rings. The molecule has 0 radical (unpaired) electrons. The number of fused-ring (bicyclic) bond motifs is 2. The van der Waals surface area contributed by atoms with Crippen LogP contribution < -0.4 is 10.2 Å². The molecule has 6 nitrogen and oxygen atoms in total. The SMILES string of the molecule is CCCOc1cccc(C2c3c(oc4ccc(Br)cc4c3=O)C(=O)N2CCO)c1.